The first kappa shape index (κ1) is 16.6. The molecule has 0 unspecified atom stereocenters. The summed E-state index contributed by atoms with van der Waals surface area (Å²) in [6, 6.07) is 14.7. The third-order valence-electron chi connectivity index (χ3n) is 3.59. The lowest BCUT2D eigenvalue weighted by Gasteiger charge is -2.08. The third kappa shape index (κ3) is 4.88. The first-order chi connectivity index (χ1) is 10.6. The maximum absolute atomic E-state index is 13.1. The van der Waals surface area contributed by atoms with Crippen molar-refractivity contribution in [3.05, 3.63) is 65.5 Å². The van der Waals surface area contributed by atoms with Gasteiger partial charge in [-0.1, -0.05) is 49.9 Å². The molecule has 0 aromatic heterocycles. The maximum atomic E-state index is 13.1. The van der Waals surface area contributed by atoms with Crippen LogP contribution in [-0.4, -0.2) is 5.17 Å². The predicted octanol–water partition coefficient (Wildman–Crippen LogP) is 5.22. The average Bonchev–Trinajstić information content (AvgIpc) is 2.53. The minimum absolute atomic E-state index is 0.228. The quantitative estimate of drug-likeness (QED) is 0.607. The second kappa shape index (κ2) is 7.99. The number of hydrogen-bond acceptors (Lipinski definition) is 2. The second-order valence-electron chi connectivity index (χ2n) is 5.27. The lowest BCUT2D eigenvalue weighted by atomic mass is 9.99. The van der Waals surface area contributed by atoms with E-state index in [0.717, 1.165) is 17.7 Å². The van der Waals surface area contributed by atoms with Crippen LogP contribution in [0.15, 0.2) is 53.5 Å². The lowest BCUT2D eigenvalue weighted by Crippen LogP contribution is -2.06. The fourth-order valence-corrected chi connectivity index (χ4v) is 2.72. The Morgan fingerprint density at radius 3 is 2.59 bits per heavy atom. The topological polar surface area (TPSA) is 38.4 Å². The monoisotopic (exact) mass is 316 g/mol. The van der Waals surface area contributed by atoms with Gasteiger partial charge < -0.3 is 5.73 Å². The molecule has 2 nitrogen and oxygen atoms in total. The van der Waals surface area contributed by atoms with Crippen LogP contribution in [0.2, 0.25) is 0 Å². The van der Waals surface area contributed by atoms with Gasteiger partial charge >= 0.3 is 0 Å². The normalized spacial score (nSPS) is 13.1. The van der Waals surface area contributed by atoms with Crippen molar-refractivity contribution in [2.75, 3.05) is 0 Å². The largest absolute Gasteiger partial charge is 0.378 e. The van der Waals surface area contributed by atoms with Crippen LogP contribution in [0.25, 0.3) is 0 Å². The Balaban J connectivity index is 1.96. The molecule has 0 heterocycles. The second-order valence-corrected chi connectivity index (χ2v) is 6.27. The molecule has 2 N–H and O–H groups in total. The fraction of sp³-hybridized carbons (Fsp3) is 0.278. The van der Waals surface area contributed by atoms with Gasteiger partial charge in [0.2, 0.25) is 0 Å². The zero-order chi connectivity index (χ0) is 15.9. The van der Waals surface area contributed by atoms with Gasteiger partial charge in [0.15, 0.2) is 5.17 Å². The van der Waals surface area contributed by atoms with E-state index in [2.05, 4.69) is 31.0 Å². The van der Waals surface area contributed by atoms with Gasteiger partial charge in [0.25, 0.3) is 0 Å². The smallest absolute Gasteiger partial charge is 0.159 e. The molecule has 1 atom stereocenters. The number of thioether (sulfide) groups is 1. The van der Waals surface area contributed by atoms with Crippen molar-refractivity contribution in [3.8, 4) is 0 Å². The molecule has 0 spiro atoms. The summed E-state index contributed by atoms with van der Waals surface area (Å²) in [4.78, 5) is 4.39. The molecule has 116 valence electrons. The molecule has 22 heavy (non-hydrogen) atoms. The van der Waals surface area contributed by atoms with Crippen LogP contribution in [0.4, 0.5) is 10.1 Å². The number of rotatable bonds is 5. The molecular weight excluding hydrogens is 295 g/mol. The van der Waals surface area contributed by atoms with Crippen LogP contribution < -0.4 is 5.73 Å². The van der Waals surface area contributed by atoms with Crippen LogP contribution in [-0.2, 0) is 5.75 Å². The van der Waals surface area contributed by atoms with E-state index >= 15 is 0 Å². The number of benzene rings is 2. The van der Waals surface area contributed by atoms with Crippen LogP contribution in [0.1, 0.15) is 37.3 Å². The first-order valence-electron chi connectivity index (χ1n) is 7.40. The molecular formula is C18H21FN2S. The Bertz CT molecular complexity index is 638. The highest BCUT2D eigenvalue weighted by Crippen LogP contribution is 2.23. The Morgan fingerprint density at radius 2 is 1.95 bits per heavy atom. The van der Waals surface area contributed by atoms with Gasteiger partial charge in [-0.05, 0) is 47.7 Å². The summed E-state index contributed by atoms with van der Waals surface area (Å²) in [5, 5.41) is 0.487. The Labute approximate surface area is 135 Å². The van der Waals surface area contributed by atoms with Gasteiger partial charge in [0, 0.05) is 5.75 Å². The molecule has 0 aliphatic rings. The minimum Gasteiger partial charge on any atom is -0.378 e. The van der Waals surface area contributed by atoms with Gasteiger partial charge in [-0.15, -0.1) is 0 Å². The standard InChI is InChI=1S/C18H21FN2S/c1-3-13(2)15-7-9-17(10-8-15)21-18(20)22-12-14-5-4-6-16(19)11-14/h4-11,13H,3,12H2,1-2H3,(H2,20,21)/t13-/m1/s1. The van der Waals surface area contributed by atoms with E-state index in [4.69, 9.17) is 5.73 Å². The molecule has 2 rings (SSSR count). The number of nitrogens with two attached hydrogens (primary N) is 1. The van der Waals surface area contributed by atoms with Crippen molar-refractivity contribution in [3.63, 3.8) is 0 Å². The summed E-state index contributed by atoms with van der Waals surface area (Å²) >= 11 is 1.41. The summed E-state index contributed by atoms with van der Waals surface area (Å²) in [6.45, 7) is 4.39. The number of hydrogen-bond donors (Lipinski definition) is 1. The van der Waals surface area contributed by atoms with Crippen LogP contribution in [0, 0.1) is 5.82 Å². The Hall–Kier alpha value is -1.81. The molecule has 2 aromatic rings. The first-order valence-corrected chi connectivity index (χ1v) is 8.38. The summed E-state index contributed by atoms with van der Waals surface area (Å²) in [5.41, 5.74) is 8.99. The fourth-order valence-electron chi connectivity index (χ4n) is 2.06. The molecule has 0 fully saturated rings. The van der Waals surface area contributed by atoms with Crippen LogP contribution in [0.3, 0.4) is 0 Å². The zero-order valence-corrected chi connectivity index (χ0v) is 13.7. The van der Waals surface area contributed by atoms with Crippen LogP contribution >= 0.6 is 11.8 Å². The van der Waals surface area contributed by atoms with Crippen molar-refractivity contribution < 1.29 is 4.39 Å². The van der Waals surface area contributed by atoms with Gasteiger partial charge in [-0.2, -0.15) is 0 Å². The molecule has 0 saturated carbocycles. The van der Waals surface area contributed by atoms with Crippen molar-refractivity contribution in [2.24, 2.45) is 10.7 Å². The molecule has 0 aliphatic carbocycles. The van der Waals surface area contributed by atoms with E-state index in [0.29, 0.717) is 16.8 Å². The van der Waals surface area contributed by atoms with Crippen molar-refractivity contribution in [2.45, 2.75) is 31.9 Å². The Kier molecular flexibility index (Phi) is 6.01. The summed E-state index contributed by atoms with van der Waals surface area (Å²) in [6.07, 6.45) is 1.12. The molecule has 0 amide bonds. The van der Waals surface area contributed by atoms with Gasteiger partial charge in [-0.25, -0.2) is 9.38 Å². The van der Waals surface area contributed by atoms with Crippen molar-refractivity contribution in [1.29, 1.82) is 0 Å². The van der Waals surface area contributed by atoms with Crippen molar-refractivity contribution in [1.82, 2.24) is 0 Å². The molecule has 0 aliphatic heterocycles. The summed E-state index contributed by atoms with van der Waals surface area (Å²) in [5.74, 6) is 0.935. The van der Waals surface area contributed by atoms with Gasteiger partial charge in [0.05, 0.1) is 5.69 Å². The lowest BCUT2D eigenvalue weighted by molar-refractivity contribution is 0.626. The number of halogens is 1. The van der Waals surface area contributed by atoms with E-state index in [1.54, 1.807) is 6.07 Å². The summed E-state index contributed by atoms with van der Waals surface area (Å²) < 4.78 is 13.1. The maximum Gasteiger partial charge on any atom is 0.159 e. The molecule has 2 aromatic carbocycles. The van der Waals surface area contributed by atoms with E-state index in [1.165, 1.54) is 29.5 Å². The van der Waals surface area contributed by atoms with E-state index in [-0.39, 0.29) is 5.82 Å². The minimum atomic E-state index is -0.228. The molecule has 4 heteroatoms. The highest BCUT2D eigenvalue weighted by molar-refractivity contribution is 8.13. The van der Waals surface area contributed by atoms with Crippen LogP contribution in [0.5, 0.6) is 0 Å². The van der Waals surface area contributed by atoms with Gasteiger partial charge in [0.1, 0.15) is 5.82 Å². The average molecular weight is 316 g/mol. The third-order valence-corrected chi connectivity index (χ3v) is 4.45. The van der Waals surface area contributed by atoms with Crippen molar-refractivity contribution >= 4 is 22.6 Å². The number of amidine groups is 1. The van der Waals surface area contributed by atoms with E-state index < -0.39 is 0 Å². The van der Waals surface area contributed by atoms with E-state index in [9.17, 15) is 4.39 Å². The SMILES string of the molecule is CC[C@@H](C)c1ccc(N=C(N)SCc2cccc(F)c2)cc1. The highest BCUT2D eigenvalue weighted by atomic mass is 32.2. The Morgan fingerprint density at radius 1 is 1.23 bits per heavy atom. The summed E-state index contributed by atoms with van der Waals surface area (Å²) in [7, 11) is 0. The zero-order valence-electron chi connectivity index (χ0n) is 12.9. The molecule has 0 bridgehead atoms. The van der Waals surface area contributed by atoms with E-state index in [1.807, 2.05) is 18.2 Å². The predicted molar refractivity (Wildman–Crippen MR) is 94.1 cm³/mol. The molecule has 0 saturated heterocycles. The number of nitrogens with zero attached hydrogens (tertiary/aromatic N) is 1. The molecule has 0 radical (unpaired) electrons. The van der Waals surface area contributed by atoms with Gasteiger partial charge in [-0.3, -0.25) is 0 Å². The highest BCUT2D eigenvalue weighted by Gasteiger charge is 2.03. The number of aliphatic imine (C=N–C) groups is 1.